The zero-order chi connectivity index (χ0) is 12.8. The number of hydrogen-bond acceptors (Lipinski definition) is 5. The average Bonchev–Trinajstić information content (AvgIpc) is 2.46. The molecular weight excluding hydrogens is 230 g/mol. The minimum absolute atomic E-state index is 0.106. The standard InChI is InChI=1S/C13H21N3O2/c1-14-11-8-12(10-15-9-11)16-4-2-13(3-5-16)18-7-6-17/h8-10,13-14,17H,2-7H2,1H3. The molecule has 1 aliphatic rings. The number of ether oxygens (including phenoxy) is 1. The predicted octanol–water partition coefficient (Wildman–Crippen LogP) is 1.10. The number of nitrogens with one attached hydrogen (secondary N) is 1. The molecule has 18 heavy (non-hydrogen) atoms. The number of anilines is 2. The quantitative estimate of drug-likeness (QED) is 0.820. The van der Waals surface area contributed by atoms with Crippen molar-refractivity contribution in [2.75, 3.05) is 43.6 Å². The Hall–Kier alpha value is -1.33. The zero-order valence-electron chi connectivity index (χ0n) is 10.8. The summed E-state index contributed by atoms with van der Waals surface area (Å²) in [5, 5.41) is 11.8. The molecule has 2 N–H and O–H groups in total. The molecule has 2 heterocycles. The highest BCUT2D eigenvalue weighted by atomic mass is 16.5. The summed E-state index contributed by atoms with van der Waals surface area (Å²) in [7, 11) is 1.90. The lowest BCUT2D eigenvalue weighted by Gasteiger charge is -2.33. The first kappa shape index (κ1) is 13.1. The maximum absolute atomic E-state index is 8.73. The van der Waals surface area contributed by atoms with Crippen LogP contribution in [-0.2, 0) is 4.74 Å². The molecular formula is C13H21N3O2. The van der Waals surface area contributed by atoms with Gasteiger partial charge in [-0.1, -0.05) is 0 Å². The van der Waals surface area contributed by atoms with E-state index < -0.39 is 0 Å². The molecule has 0 bridgehead atoms. The number of pyridine rings is 1. The fourth-order valence-corrected chi connectivity index (χ4v) is 2.24. The maximum Gasteiger partial charge on any atom is 0.0701 e. The van der Waals surface area contributed by atoms with E-state index in [1.54, 1.807) is 0 Å². The third kappa shape index (κ3) is 3.34. The second-order valence-electron chi connectivity index (χ2n) is 4.46. The minimum atomic E-state index is 0.106. The van der Waals surface area contributed by atoms with E-state index in [9.17, 15) is 0 Å². The number of nitrogens with zero attached hydrogens (tertiary/aromatic N) is 2. The summed E-state index contributed by atoms with van der Waals surface area (Å²) in [4.78, 5) is 6.56. The van der Waals surface area contributed by atoms with Crippen molar-refractivity contribution in [1.82, 2.24) is 4.98 Å². The van der Waals surface area contributed by atoms with Crippen molar-refractivity contribution in [2.24, 2.45) is 0 Å². The maximum atomic E-state index is 8.73. The van der Waals surface area contributed by atoms with Crippen LogP contribution in [0.2, 0.25) is 0 Å². The summed E-state index contributed by atoms with van der Waals surface area (Å²) in [6.07, 6.45) is 6.01. The topological polar surface area (TPSA) is 57.6 Å². The van der Waals surface area contributed by atoms with Gasteiger partial charge in [-0.2, -0.15) is 0 Å². The van der Waals surface area contributed by atoms with E-state index in [0.717, 1.165) is 37.3 Å². The third-order valence-electron chi connectivity index (χ3n) is 3.26. The Morgan fingerprint density at radius 3 is 2.89 bits per heavy atom. The highest BCUT2D eigenvalue weighted by Crippen LogP contribution is 2.22. The number of hydrogen-bond donors (Lipinski definition) is 2. The zero-order valence-corrected chi connectivity index (χ0v) is 10.8. The molecule has 1 aliphatic heterocycles. The van der Waals surface area contributed by atoms with Crippen molar-refractivity contribution in [3.05, 3.63) is 18.5 Å². The Balaban J connectivity index is 1.88. The molecule has 2 rings (SSSR count). The second-order valence-corrected chi connectivity index (χ2v) is 4.46. The van der Waals surface area contributed by atoms with Crippen molar-refractivity contribution < 1.29 is 9.84 Å². The van der Waals surface area contributed by atoms with Gasteiger partial charge in [0.25, 0.3) is 0 Å². The predicted molar refractivity (Wildman–Crippen MR) is 72.1 cm³/mol. The van der Waals surface area contributed by atoms with Gasteiger partial charge in [0.1, 0.15) is 0 Å². The number of aliphatic hydroxyl groups is 1. The Labute approximate surface area is 108 Å². The molecule has 1 aromatic heterocycles. The third-order valence-corrected chi connectivity index (χ3v) is 3.26. The van der Waals surface area contributed by atoms with Gasteiger partial charge in [-0.15, -0.1) is 0 Å². The Morgan fingerprint density at radius 2 is 2.22 bits per heavy atom. The molecule has 5 heteroatoms. The van der Waals surface area contributed by atoms with E-state index in [-0.39, 0.29) is 12.7 Å². The summed E-state index contributed by atoms with van der Waals surface area (Å²) in [6, 6.07) is 2.11. The van der Waals surface area contributed by atoms with Crippen molar-refractivity contribution >= 4 is 11.4 Å². The van der Waals surface area contributed by atoms with E-state index in [1.165, 1.54) is 0 Å². The van der Waals surface area contributed by atoms with Crippen LogP contribution >= 0.6 is 0 Å². The summed E-state index contributed by atoms with van der Waals surface area (Å²) >= 11 is 0. The smallest absolute Gasteiger partial charge is 0.0701 e. The second kappa shape index (κ2) is 6.56. The number of aromatic nitrogens is 1. The van der Waals surface area contributed by atoms with Crippen LogP contribution < -0.4 is 10.2 Å². The van der Waals surface area contributed by atoms with Crippen LogP contribution in [0.4, 0.5) is 11.4 Å². The molecule has 0 aromatic carbocycles. The molecule has 0 atom stereocenters. The highest BCUT2D eigenvalue weighted by Gasteiger charge is 2.19. The van der Waals surface area contributed by atoms with Gasteiger partial charge in [0.15, 0.2) is 0 Å². The van der Waals surface area contributed by atoms with Gasteiger partial charge in [0, 0.05) is 20.1 Å². The van der Waals surface area contributed by atoms with Gasteiger partial charge in [-0.25, -0.2) is 0 Å². The van der Waals surface area contributed by atoms with Crippen LogP contribution in [0.5, 0.6) is 0 Å². The van der Waals surface area contributed by atoms with Gasteiger partial charge in [-0.3, -0.25) is 4.98 Å². The summed E-state index contributed by atoms with van der Waals surface area (Å²) in [5.41, 5.74) is 2.19. The first-order chi connectivity index (χ1) is 8.83. The molecule has 0 amide bonds. The van der Waals surface area contributed by atoms with Gasteiger partial charge in [0.05, 0.1) is 43.1 Å². The van der Waals surface area contributed by atoms with E-state index in [2.05, 4.69) is 21.3 Å². The molecule has 0 unspecified atom stereocenters. The molecule has 0 saturated carbocycles. The van der Waals surface area contributed by atoms with E-state index in [4.69, 9.17) is 9.84 Å². The molecule has 0 spiro atoms. The van der Waals surface area contributed by atoms with E-state index in [1.807, 2.05) is 19.4 Å². The Bertz CT molecular complexity index is 365. The SMILES string of the molecule is CNc1cncc(N2CCC(OCCO)CC2)c1. The van der Waals surface area contributed by atoms with Crippen LogP contribution in [0.1, 0.15) is 12.8 Å². The van der Waals surface area contributed by atoms with Crippen LogP contribution in [0.25, 0.3) is 0 Å². The first-order valence-electron chi connectivity index (χ1n) is 6.43. The molecule has 1 aromatic rings. The summed E-state index contributed by atoms with van der Waals surface area (Å²) in [6.45, 7) is 2.51. The monoisotopic (exact) mass is 251 g/mol. The fraction of sp³-hybridized carbons (Fsp3) is 0.615. The van der Waals surface area contributed by atoms with Crippen molar-refractivity contribution in [1.29, 1.82) is 0 Å². The highest BCUT2D eigenvalue weighted by molar-refractivity contribution is 5.55. The van der Waals surface area contributed by atoms with Crippen LogP contribution in [0.3, 0.4) is 0 Å². The number of aliphatic hydroxyl groups excluding tert-OH is 1. The van der Waals surface area contributed by atoms with Crippen molar-refractivity contribution in [3.8, 4) is 0 Å². The number of piperidine rings is 1. The van der Waals surface area contributed by atoms with Gasteiger partial charge >= 0.3 is 0 Å². The molecule has 1 fully saturated rings. The van der Waals surface area contributed by atoms with Crippen molar-refractivity contribution in [2.45, 2.75) is 18.9 Å². The molecule has 5 nitrogen and oxygen atoms in total. The Morgan fingerprint density at radius 1 is 1.44 bits per heavy atom. The lowest BCUT2D eigenvalue weighted by Crippen LogP contribution is -2.37. The van der Waals surface area contributed by atoms with Crippen LogP contribution in [0, 0.1) is 0 Å². The largest absolute Gasteiger partial charge is 0.394 e. The molecule has 0 aliphatic carbocycles. The summed E-state index contributed by atoms with van der Waals surface area (Å²) < 4.78 is 5.56. The van der Waals surface area contributed by atoms with Crippen molar-refractivity contribution in [3.63, 3.8) is 0 Å². The lowest BCUT2D eigenvalue weighted by molar-refractivity contribution is 0.0159. The van der Waals surface area contributed by atoms with Crippen LogP contribution in [0.15, 0.2) is 18.5 Å². The molecule has 100 valence electrons. The van der Waals surface area contributed by atoms with E-state index in [0.29, 0.717) is 6.61 Å². The fourth-order valence-electron chi connectivity index (χ4n) is 2.24. The molecule has 1 saturated heterocycles. The van der Waals surface area contributed by atoms with Gasteiger partial charge in [-0.05, 0) is 18.9 Å². The van der Waals surface area contributed by atoms with Gasteiger partial charge < -0.3 is 20.1 Å². The number of rotatable bonds is 5. The van der Waals surface area contributed by atoms with E-state index >= 15 is 0 Å². The van der Waals surface area contributed by atoms with Crippen LogP contribution in [-0.4, -0.2) is 49.5 Å². The lowest BCUT2D eigenvalue weighted by atomic mass is 10.1. The van der Waals surface area contributed by atoms with Gasteiger partial charge in [0.2, 0.25) is 0 Å². The summed E-state index contributed by atoms with van der Waals surface area (Å²) in [5.74, 6) is 0. The average molecular weight is 251 g/mol. The normalized spacial score (nSPS) is 16.9. The molecule has 0 radical (unpaired) electrons. The minimum Gasteiger partial charge on any atom is -0.394 e. The Kier molecular flexibility index (Phi) is 4.78. The first-order valence-corrected chi connectivity index (χ1v) is 6.43.